The number of fused-ring (bicyclic) bond motifs is 1. The van der Waals surface area contributed by atoms with Gasteiger partial charge in [0, 0.05) is 18.2 Å². The molecule has 1 aromatic rings. The Balaban J connectivity index is 1.81. The monoisotopic (exact) mass is 287 g/mol. The maximum absolute atomic E-state index is 12.6. The molecule has 21 heavy (non-hydrogen) atoms. The van der Waals surface area contributed by atoms with Crippen molar-refractivity contribution in [2.75, 3.05) is 6.54 Å². The number of amides is 1. The number of carboxylic acid groups (broad SMARTS) is 1. The van der Waals surface area contributed by atoms with Gasteiger partial charge in [-0.05, 0) is 62.3 Å². The average molecular weight is 287 g/mol. The van der Waals surface area contributed by atoms with Crippen molar-refractivity contribution in [3.63, 3.8) is 0 Å². The molecule has 1 aliphatic heterocycles. The van der Waals surface area contributed by atoms with E-state index >= 15 is 0 Å². The number of hydrogen-bond donors (Lipinski definition) is 1. The van der Waals surface area contributed by atoms with Crippen LogP contribution in [-0.4, -0.2) is 34.5 Å². The van der Waals surface area contributed by atoms with Crippen molar-refractivity contribution in [2.24, 2.45) is 5.92 Å². The lowest BCUT2D eigenvalue weighted by Crippen LogP contribution is -2.37. The number of hydrogen-bond acceptors (Lipinski definition) is 2. The number of rotatable bonds is 2. The zero-order valence-electron chi connectivity index (χ0n) is 12.3. The van der Waals surface area contributed by atoms with Crippen molar-refractivity contribution in [3.8, 4) is 0 Å². The summed E-state index contributed by atoms with van der Waals surface area (Å²) in [7, 11) is 0. The van der Waals surface area contributed by atoms with Crippen LogP contribution >= 0.6 is 0 Å². The van der Waals surface area contributed by atoms with Crippen molar-refractivity contribution < 1.29 is 14.7 Å². The highest BCUT2D eigenvalue weighted by Gasteiger charge is 2.38. The summed E-state index contributed by atoms with van der Waals surface area (Å²) >= 11 is 0. The first-order valence-corrected chi connectivity index (χ1v) is 7.73. The summed E-state index contributed by atoms with van der Waals surface area (Å²) in [6, 6.07) is 5.74. The lowest BCUT2D eigenvalue weighted by Gasteiger charge is -2.24. The molecule has 1 aliphatic carbocycles. The third kappa shape index (κ3) is 2.55. The molecule has 1 N–H and O–H groups in total. The summed E-state index contributed by atoms with van der Waals surface area (Å²) in [4.78, 5) is 25.5. The van der Waals surface area contributed by atoms with Gasteiger partial charge in [-0.15, -0.1) is 0 Å². The molecule has 1 heterocycles. The summed E-state index contributed by atoms with van der Waals surface area (Å²) in [6.45, 7) is 2.37. The number of carboxylic acids is 1. The molecule has 0 radical (unpaired) electrons. The molecular formula is C17H21NO3. The van der Waals surface area contributed by atoms with Gasteiger partial charge in [-0.2, -0.15) is 0 Å². The van der Waals surface area contributed by atoms with Gasteiger partial charge in [0.15, 0.2) is 0 Å². The molecule has 3 rings (SSSR count). The van der Waals surface area contributed by atoms with E-state index in [1.54, 1.807) is 4.90 Å². The van der Waals surface area contributed by atoms with E-state index in [2.05, 4.69) is 6.07 Å². The Morgan fingerprint density at radius 2 is 1.90 bits per heavy atom. The molecule has 0 saturated carbocycles. The zero-order valence-corrected chi connectivity index (χ0v) is 12.3. The van der Waals surface area contributed by atoms with Crippen LogP contribution < -0.4 is 0 Å². The minimum Gasteiger partial charge on any atom is -0.481 e. The Labute approximate surface area is 124 Å². The van der Waals surface area contributed by atoms with E-state index < -0.39 is 11.9 Å². The largest absolute Gasteiger partial charge is 0.481 e. The molecule has 1 saturated heterocycles. The quantitative estimate of drug-likeness (QED) is 0.909. The van der Waals surface area contributed by atoms with E-state index in [1.165, 1.54) is 24.0 Å². The predicted molar refractivity (Wildman–Crippen MR) is 79.3 cm³/mol. The Morgan fingerprint density at radius 1 is 1.19 bits per heavy atom. The molecule has 2 aliphatic rings. The number of nitrogens with zero attached hydrogens (tertiary/aromatic N) is 1. The molecule has 1 aromatic carbocycles. The first-order chi connectivity index (χ1) is 10.1. The Morgan fingerprint density at radius 3 is 2.57 bits per heavy atom. The third-order valence-electron chi connectivity index (χ3n) is 4.93. The van der Waals surface area contributed by atoms with Gasteiger partial charge in [0.05, 0.1) is 5.92 Å². The molecule has 2 unspecified atom stereocenters. The highest BCUT2D eigenvalue weighted by atomic mass is 16.4. The van der Waals surface area contributed by atoms with Gasteiger partial charge >= 0.3 is 5.97 Å². The molecule has 112 valence electrons. The van der Waals surface area contributed by atoms with E-state index in [0.29, 0.717) is 18.5 Å². The molecular weight excluding hydrogens is 266 g/mol. The first kappa shape index (κ1) is 14.1. The third-order valence-corrected chi connectivity index (χ3v) is 4.93. The minimum absolute atomic E-state index is 0.0281. The molecule has 1 amide bonds. The maximum atomic E-state index is 12.6. The molecule has 0 spiro atoms. The average Bonchev–Trinajstić information content (AvgIpc) is 2.88. The van der Waals surface area contributed by atoms with Gasteiger partial charge in [-0.25, -0.2) is 0 Å². The Kier molecular flexibility index (Phi) is 3.70. The molecule has 0 aromatic heterocycles. The smallest absolute Gasteiger partial charge is 0.308 e. The van der Waals surface area contributed by atoms with Crippen molar-refractivity contribution in [3.05, 3.63) is 34.9 Å². The lowest BCUT2D eigenvalue weighted by atomic mass is 9.90. The molecule has 4 heteroatoms. The summed E-state index contributed by atoms with van der Waals surface area (Å²) in [6.07, 6.45) is 5.11. The van der Waals surface area contributed by atoms with Crippen LogP contribution in [0.1, 0.15) is 47.7 Å². The Hall–Kier alpha value is -1.84. The predicted octanol–water partition coefficient (Wildman–Crippen LogP) is 2.50. The molecule has 0 bridgehead atoms. The summed E-state index contributed by atoms with van der Waals surface area (Å²) in [5, 5.41) is 9.17. The summed E-state index contributed by atoms with van der Waals surface area (Å²) in [5.74, 6) is -1.27. The molecule has 2 atom stereocenters. The SMILES string of the molecule is CC1C(C(=O)O)CCN1C(=O)c1ccc2c(c1)CCCC2. The van der Waals surface area contributed by atoms with Gasteiger partial charge < -0.3 is 10.0 Å². The number of carbonyl (C=O) groups is 2. The Bertz CT molecular complexity index is 581. The van der Waals surface area contributed by atoms with Crippen LogP contribution in [0.5, 0.6) is 0 Å². The number of aliphatic carboxylic acids is 1. The van der Waals surface area contributed by atoms with Crippen molar-refractivity contribution in [2.45, 2.75) is 45.1 Å². The normalized spacial score (nSPS) is 24.7. The number of carbonyl (C=O) groups excluding carboxylic acids is 1. The summed E-state index contributed by atoms with van der Waals surface area (Å²) in [5.41, 5.74) is 3.35. The highest BCUT2D eigenvalue weighted by molar-refractivity contribution is 5.95. The maximum Gasteiger partial charge on any atom is 0.308 e. The molecule has 1 fully saturated rings. The van der Waals surface area contributed by atoms with Crippen LogP contribution in [0.4, 0.5) is 0 Å². The second kappa shape index (κ2) is 5.51. The van der Waals surface area contributed by atoms with Gasteiger partial charge in [0.1, 0.15) is 0 Å². The van der Waals surface area contributed by atoms with Crippen molar-refractivity contribution in [1.82, 2.24) is 4.90 Å². The zero-order chi connectivity index (χ0) is 15.0. The standard InChI is InChI=1S/C17H21NO3/c1-11-15(17(20)21)8-9-18(11)16(19)14-7-6-12-4-2-3-5-13(12)10-14/h6-7,10-11,15H,2-5,8-9H2,1H3,(H,20,21). The lowest BCUT2D eigenvalue weighted by molar-refractivity contribution is -0.142. The van der Waals surface area contributed by atoms with Crippen LogP contribution in [0.2, 0.25) is 0 Å². The number of likely N-dealkylation sites (tertiary alicyclic amines) is 1. The van der Waals surface area contributed by atoms with E-state index in [1.807, 2.05) is 19.1 Å². The van der Waals surface area contributed by atoms with E-state index in [0.717, 1.165) is 12.8 Å². The number of aryl methyl sites for hydroxylation is 2. The van der Waals surface area contributed by atoms with Crippen LogP contribution in [0.3, 0.4) is 0 Å². The first-order valence-electron chi connectivity index (χ1n) is 7.73. The van der Waals surface area contributed by atoms with Crippen LogP contribution in [0, 0.1) is 5.92 Å². The van der Waals surface area contributed by atoms with Crippen molar-refractivity contribution in [1.29, 1.82) is 0 Å². The second-order valence-corrected chi connectivity index (χ2v) is 6.16. The summed E-state index contributed by atoms with van der Waals surface area (Å²) < 4.78 is 0. The number of benzene rings is 1. The van der Waals surface area contributed by atoms with E-state index in [4.69, 9.17) is 0 Å². The van der Waals surface area contributed by atoms with E-state index in [9.17, 15) is 14.7 Å². The van der Waals surface area contributed by atoms with Crippen molar-refractivity contribution >= 4 is 11.9 Å². The van der Waals surface area contributed by atoms with Gasteiger partial charge in [0.2, 0.25) is 0 Å². The highest BCUT2D eigenvalue weighted by Crippen LogP contribution is 2.28. The van der Waals surface area contributed by atoms with Gasteiger partial charge in [0.25, 0.3) is 5.91 Å². The van der Waals surface area contributed by atoms with E-state index in [-0.39, 0.29) is 11.9 Å². The van der Waals surface area contributed by atoms with Gasteiger partial charge in [-0.1, -0.05) is 6.07 Å². The second-order valence-electron chi connectivity index (χ2n) is 6.16. The van der Waals surface area contributed by atoms with Crippen LogP contribution in [-0.2, 0) is 17.6 Å². The fraction of sp³-hybridized carbons (Fsp3) is 0.529. The fourth-order valence-electron chi connectivity index (χ4n) is 3.59. The van der Waals surface area contributed by atoms with Crippen LogP contribution in [0.15, 0.2) is 18.2 Å². The molecule has 4 nitrogen and oxygen atoms in total. The minimum atomic E-state index is -0.803. The van der Waals surface area contributed by atoms with Gasteiger partial charge in [-0.3, -0.25) is 9.59 Å². The fourth-order valence-corrected chi connectivity index (χ4v) is 3.59. The van der Waals surface area contributed by atoms with Crippen LogP contribution in [0.25, 0.3) is 0 Å². The topological polar surface area (TPSA) is 57.6 Å².